The fraction of sp³-hybridized carbons (Fsp3) is 0.314. The van der Waals surface area contributed by atoms with Gasteiger partial charge in [-0.25, -0.2) is 4.98 Å². The summed E-state index contributed by atoms with van der Waals surface area (Å²) in [6.07, 6.45) is 7.04. The van der Waals surface area contributed by atoms with Gasteiger partial charge < -0.3 is 15.3 Å². The number of aromatic nitrogens is 1. The largest absolute Gasteiger partial charge is 0.481 e. The number of carboxylic acid groups (broad SMARTS) is 1. The maximum absolute atomic E-state index is 11.3. The number of rotatable bonds is 13. The Morgan fingerprint density at radius 1 is 1.07 bits per heavy atom. The standard InChI is InChI=1S/C35H36ClNO4S/c1-34(41,22-38)31-8-3-2-7-30(31)29(15-18-42-23-35(16-17-35)21-33(39)40)26-6-4-5-24(19-26)9-13-28-14-11-25-10-12-27(36)20-32(25)37-28/h2-14,19-20,29,38,41H,15-18,21-23H2,1H3,(H,39,40)/b13-9+/t29-,34-/m1/s1. The highest BCUT2D eigenvalue weighted by Gasteiger charge is 2.44. The molecular formula is C35H36ClNO4S. The van der Waals surface area contributed by atoms with Crippen molar-refractivity contribution >= 4 is 52.4 Å². The summed E-state index contributed by atoms with van der Waals surface area (Å²) in [6.45, 7) is 1.26. The first-order valence-corrected chi connectivity index (χ1v) is 15.8. The second-order valence-electron chi connectivity index (χ2n) is 11.6. The lowest BCUT2D eigenvalue weighted by Gasteiger charge is -2.28. The van der Waals surface area contributed by atoms with Gasteiger partial charge in [0.2, 0.25) is 0 Å². The van der Waals surface area contributed by atoms with Crippen LogP contribution in [0.1, 0.15) is 66.5 Å². The van der Waals surface area contributed by atoms with Crippen LogP contribution in [0.2, 0.25) is 5.02 Å². The second kappa shape index (κ2) is 13.0. The van der Waals surface area contributed by atoms with Crippen LogP contribution in [0.4, 0.5) is 0 Å². The van der Waals surface area contributed by atoms with Crippen LogP contribution < -0.4 is 0 Å². The quantitative estimate of drug-likeness (QED) is 0.136. The predicted molar refractivity (Wildman–Crippen MR) is 173 cm³/mol. The molecule has 1 aliphatic carbocycles. The number of hydrogen-bond donors (Lipinski definition) is 3. The SMILES string of the molecule is C[C@@](O)(CO)c1ccccc1[C@H](CCSCC1(CC(=O)O)CC1)c1cccc(/C=C/c2ccc3ccc(Cl)cc3n2)c1. The van der Waals surface area contributed by atoms with E-state index in [0.717, 1.165) is 64.1 Å². The van der Waals surface area contributed by atoms with Crippen LogP contribution in [0.15, 0.2) is 78.9 Å². The molecule has 0 amide bonds. The number of carboxylic acids is 1. The van der Waals surface area contributed by atoms with Crippen molar-refractivity contribution in [2.75, 3.05) is 18.1 Å². The van der Waals surface area contributed by atoms with E-state index in [1.807, 2.05) is 84.6 Å². The number of aliphatic hydroxyl groups is 2. The van der Waals surface area contributed by atoms with Gasteiger partial charge in [0.05, 0.1) is 24.2 Å². The molecule has 4 aromatic rings. The van der Waals surface area contributed by atoms with Crippen LogP contribution in [0, 0.1) is 5.41 Å². The molecule has 3 aromatic carbocycles. The van der Waals surface area contributed by atoms with Crippen LogP contribution in [0.3, 0.4) is 0 Å². The molecule has 5 rings (SSSR count). The van der Waals surface area contributed by atoms with Gasteiger partial charge in [0.15, 0.2) is 0 Å². The Hall–Kier alpha value is -3.16. The zero-order chi connectivity index (χ0) is 29.7. The Kier molecular flexibility index (Phi) is 9.38. The maximum Gasteiger partial charge on any atom is 0.303 e. The average Bonchev–Trinajstić information content (AvgIpc) is 3.74. The van der Waals surface area contributed by atoms with Crippen molar-refractivity contribution in [3.63, 3.8) is 0 Å². The summed E-state index contributed by atoms with van der Waals surface area (Å²) in [7, 11) is 0. The highest BCUT2D eigenvalue weighted by atomic mass is 35.5. The van der Waals surface area contributed by atoms with Gasteiger partial charge in [0.1, 0.15) is 5.60 Å². The van der Waals surface area contributed by atoms with E-state index in [4.69, 9.17) is 16.6 Å². The number of aliphatic hydroxyl groups excluding tert-OH is 1. The molecule has 42 heavy (non-hydrogen) atoms. The molecule has 1 saturated carbocycles. The van der Waals surface area contributed by atoms with Crippen LogP contribution in [-0.2, 0) is 10.4 Å². The molecule has 0 radical (unpaired) electrons. The summed E-state index contributed by atoms with van der Waals surface area (Å²) >= 11 is 7.98. The third-order valence-electron chi connectivity index (χ3n) is 8.10. The Morgan fingerprint density at radius 2 is 1.86 bits per heavy atom. The highest BCUT2D eigenvalue weighted by Crippen LogP contribution is 2.51. The lowest BCUT2D eigenvalue weighted by atomic mass is 9.81. The van der Waals surface area contributed by atoms with Crippen molar-refractivity contribution in [3.05, 3.63) is 112 Å². The van der Waals surface area contributed by atoms with Crippen LogP contribution >= 0.6 is 23.4 Å². The second-order valence-corrected chi connectivity index (χ2v) is 13.1. The number of halogens is 1. The van der Waals surface area contributed by atoms with Crippen molar-refractivity contribution in [1.29, 1.82) is 0 Å². The van der Waals surface area contributed by atoms with E-state index in [1.165, 1.54) is 0 Å². The van der Waals surface area contributed by atoms with Gasteiger partial charge >= 0.3 is 5.97 Å². The number of fused-ring (bicyclic) bond motifs is 1. The van der Waals surface area contributed by atoms with E-state index < -0.39 is 11.6 Å². The Balaban J connectivity index is 1.41. The van der Waals surface area contributed by atoms with E-state index in [-0.39, 0.29) is 24.4 Å². The monoisotopic (exact) mass is 601 g/mol. The number of pyridine rings is 1. The summed E-state index contributed by atoms with van der Waals surface area (Å²) in [5.74, 6) is 0.953. The average molecular weight is 602 g/mol. The number of benzene rings is 3. The normalized spacial score (nSPS) is 16.4. The zero-order valence-electron chi connectivity index (χ0n) is 23.7. The Labute approximate surface area is 256 Å². The van der Waals surface area contributed by atoms with Gasteiger partial charge in [-0.05, 0) is 89.6 Å². The fourth-order valence-corrected chi connectivity index (χ4v) is 7.03. The molecule has 1 aromatic heterocycles. The van der Waals surface area contributed by atoms with Crippen molar-refractivity contribution in [3.8, 4) is 0 Å². The topological polar surface area (TPSA) is 90.7 Å². The van der Waals surface area contributed by atoms with Crippen LogP contribution in [0.5, 0.6) is 0 Å². The van der Waals surface area contributed by atoms with E-state index in [1.54, 1.807) is 6.92 Å². The molecule has 0 spiro atoms. The van der Waals surface area contributed by atoms with Crippen LogP contribution in [-0.4, -0.2) is 44.4 Å². The Morgan fingerprint density at radius 3 is 2.62 bits per heavy atom. The molecule has 7 heteroatoms. The summed E-state index contributed by atoms with van der Waals surface area (Å²) in [6, 6.07) is 25.9. The molecule has 3 N–H and O–H groups in total. The van der Waals surface area contributed by atoms with E-state index in [9.17, 15) is 20.1 Å². The minimum atomic E-state index is -1.37. The molecule has 0 bridgehead atoms. The van der Waals surface area contributed by atoms with Gasteiger partial charge in [0, 0.05) is 16.3 Å². The molecule has 0 aliphatic heterocycles. The number of carbonyl (C=O) groups is 1. The molecular weight excluding hydrogens is 566 g/mol. The predicted octanol–water partition coefficient (Wildman–Crippen LogP) is 7.77. The molecule has 2 atom stereocenters. The smallest absolute Gasteiger partial charge is 0.303 e. The number of hydrogen-bond acceptors (Lipinski definition) is 5. The third-order valence-corrected chi connectivity index (χ3v) is 9.68. The molecule has 1 aliphatic rings. The summed E-state index contributed by atoms with van der Waals surface area (Å²) in [5, 5.41) is 32.0. The van der Waals surface area contributed by atoms with E-state index >= 15 is 0 Å². The first-order chi connectivity index (χ1) is 20.2. The Bertz CT molecular complexity index is 1600. The van der Waals surface area contributed by atoms with Gasteiger partial charge in [-0.3, -0.25) is 4.79 Å². The highest BCUT2D eigenvalue weighted by molar-refractivity contribution is 7.99. The lowest BCUT2D eigenvalue weighted by molar-refractivity contribution is -0.138. The lowest BCUT2D eigenvalue weighted by Crippen LogP contribution is -2.28. The van der Waals surface area contributed by atoms with Gasteiger partial charge in [-0.15, -0.1) is 0 Å². The minimum absolute atomic E-state index is 0.0179. The van der Waals surface area contributed by atoms with Crippen molar-refractivity contribution in [2.45, 2.75) is 44.1 Å². The summed E-state index contributed by atoms with van der Waals surface area (Å²) in [5.41, 5.74) is 4.10. The van der Waals surface area contributed by atoms with Crippen LogP contribution in [0.25, 0.3) is 23.1 Å². The third kappa shape index (κ3) is 7.42. The van der Waals surface area contributed by atoms with E-state index in [2.05, 4.69) is 18.2 Å². The summed E-state index contributed by atoms with van der Waals surface area (Å²) < 4.78 is 0. The van der Waals surface area contributed by atoms with Crippen molar-refractivity contribution in [1.82, 2.24) is 4.98 Å². The number of thioether (sulfide) groups is 1. The first-order valence-electron chi connectivity index (χ1n) is 14.2. The molecule has 1 fully saturated rings. The summed E-state index contributed by atoms with van der Waals surface area (Å²) in [4.78, 5) is 16.0. The molecule has 5 nitrogen and oxygen atoms in total. The maximum atomic E-state index is 11.3. The molecule has 1 heterocycles. The zero-order valence-corrected chi connectivity index (χ0v) is 25.2. The van der Waals surface area contributed by atoms with Gasteiger partial charge in [-0.1, -0.05) is 78.3 Å². The van der Waals surface area contributed by atoms with Gasteiger partial charge in [0.25, 0.3) is 0 Å². The van der Waals surface area contributed by atoms with Crippen molar-refractivity contribution < 1.29 is 20.1 Å². The molecule has 0 unspecified atom stereocenters. The van der Waals surface area contributed by atoms with Gasteiger partial charge in [-0.2, -0.15) is 11.8 Å². The molecule has 0 saturated heterocycles. The van der Waals surface area contributed by atoms with E-state index in [0.29, 0.717) is 10.6 Å². The number of nitrogens with zero attached hydrogens (tertiary/aromatic N) is 1. The minimum Gasteiger partial charge on any atom is -0.481 e. The van der Waals surface area contributed by atoms with Crippen molar-refractivity contribution in [2.24, 2.45) is 5.41 Å². The molecule has 218 valence electrons. The first kappa shape index (κ1) is 30.3. The fourth-order valence-electron chi connectivity index (χ4n) is 5.50. The number of aliphatic carboxylic acids is 1.